The molecule has 0 heterocycles. The molecule has 0 aromatic rings. The summed E-state index contributed by atoms with van der Waals surface area (Å²) in [5, 5.41) is 0. The molecule has 4 aliphatic carbocycles. The molecule has 0 saturated heterocycles. The molecule has 392 valence electrons. The Morgan fingerprint density at radius 3 is 1.51 bits per heavy atom. The molecule has 0 aromatic carbocycles. The van der Waals surface area contributed by atoms with Crippen LogP contribution in [0.3, 0.4) is 0 Å². The summed E-state index contributed by atoms with van der Waals surface area (Å²) in [7, 11) is 4.08. The molecular formula is C60H111NO6. The molecule has 4 rings (SSSR count). The number of ether oxygens (including phenoxy) is 4. The summed E-state index contributed by atoms with van der Waals surface area (Å²) < 4.78 is 24.7. The van der Waals surface area contributed by atoms with Crippen LogP contribution in [-0.2, 0) is 28.5 Å². The van der Waals surface area contributed by atoms with Crippen molar-refractivity contribution in [3.63, 3.8) is 0 Å². The third-order valence-corrected chi connectivity index (χ3v) is 16.9. The van der Waals surface area contributed by atoms with Crippen LogP contribution in [0.1, 0.15) is 265 Å². The monoisotopic (exact) mass is 942 g/mol. The average Bonchev–Trinajstić information content (AvgIpc) is 4.27. The van der Waals surface area contributed by atoms with Crippen LogP contribution in [0.5, 0.6) is 0 Å². The van der Waals surface area contributed by atoms with Crippen molar-refractivity contribution in [1.82, 2.24) is 4.90 Å². The van der Waals surface area contributed by atoms with Gasteiger partial charge in [0, 0.05) is 26.1 Å². The molecule has 0 amide bonds. The fraction of sp³-hybridized carbons (Fsp3) is 0.967. The molecule has 10 unspecified atom stereocenters. The first-order valence-corrected chi connectivity index (χ1v) is 30.0. The molecular weight excluding hydrogens is 831 g/mol. The summed E-state index contributed by atoms with van der Waals surface area (Å²) in [6.45, 7) is 9.94. The highest BCUT2D eigenvalue weighted by atomic mass is 16.6. The third kappa shape index (κ3) is 27.9. The van der Waals surface area contributed by atoms with Gasteiger partial charge in [-0.3, -0.25) is 9.59 Å². The molecule has 0 N–H and O–H groups in total. The van der Waals surface area contributed by atoms with Crippen LogP contribution in [0.4, 0.5) is 0 Å². The van der Waals surface area contributed by atoms with Crippen LogP contribution in [0.25, 0.3) is 0 Å². The number of hydrogen-bond donors (Lipinski definition) is 0. The fourth-order valence-corrected chi connectivity index (χ4v) is 12.1. The van der Waals surface area contributed by atoms with Gasteiger partial charge in [0.05, 0.1) is 6.61 Å². The van der Waals surface area contributed by atoms with Gasteiger partial charge in [-0.15, -0.1) is 0 Å². The summed E-state index contributed by atoms with van der Waals surface area (Å²) in [4.78, 5) is 28.5. The van der Waals surface area contributed by atoms with Gasteiger partial charge in [-0.25, -0.2) is 0 Å². The maximum atomic E-state index is 13.5. The Morgan fingerprint density at radius 2 is 1.00 bits per heavy atom. The third-order valence-electron chi connectivity index (χ3n) is 16.9. The van der Waals surface area contributed by atoms with Gasteiger partial charge in [-0.1, -0.05) is 194 Å². The van der Waals surface area contributed by atoms with E-state index < -0.39 is 0 Å². The molecule has 10 atom stereocenters. The van der Waals surface area contributed by atoms with Crippen molar-refractivity contribution >= 4 is 11.9 Å². The summed E-state index contributed by atoms with van der Waals surface area (Å²) >= 11 is 0. The van der Waals surface area contributed by atoms with E-state index in [2.05, 4.69) is 25.7 Å². The van der Waals surface area contributed by atoms with Gasteiger partial charge in [0.15, 0.2) is 0 Å². The zero-order valence-electron chi connectivity index (χ0n) is 45.1. The van der Waals surface area contributed by atoms with Crippen molar-refractivity contribution in [2.24, 2.45) is 47.3 Å². The lowest BCUT2D eigenvalue weighted by atomic mass is 9.86. The number of carbonyl (C=O) groups is 2. The van der Waals surface area contributed by atoms with Gasteiger partial charge in [-0.2, -0.15) is 0 Å². The Morgan fingerprint density at radius 1 is 0.507 bits per heavy atom. The Labute approximate surface area is 415 Å². The first-order chi connectivity index (χ1) is 32.8. The maximum Gasteiger partial charge on any atom is 0.306 e. The second-order valence-electron chi connectivity index (χ2n) is 23.2. The molecule has 0 spiro atoms. The van der Waals surface area contributed by atoms with E-state index in [4.69, 9.17) is 18.9 Å². The molecule has 0 aromatic heterocycles. The average molecular weight is 943 g/mol. The van der Waals surface area contributed by atoms with Gasteiger partial charge in [0.25, 0.3) is 0 Å². The summed E-state index contributed by atoms with van der Waals surface area (Å²) in [5.74, 6) is 5.89. The standard InChI is InChI=1S/C60H111NO6/c1-6-9-11-13-19-25-32-50-43-52(50)34-27-21-15-17-23-29-40-64-47-56(65-41-30-24-18-16-22-28-35-53-44-51(53)33-26-20-14-12-10-7-2)48-66-60(63)46-54-37-38-58(57(54)45-55-42-49(55)8-3)67-59(62)36-31-39-61(4)5/h49-58H,6-48H2,1-5H3. The normalized spacial score (nSPS) is 25.7. The van der Waals surface area contributed by atoms with Crippen LogP contribution in [0.15, 0.2) is 0 Å². The minimum absolute atomic E-state index is 0.0763. The van der Waals surface area contributed by atoms with Crippen LogP contribution >= 0.6 is 0 Å². The Hall–Kier alpha value is -1.18. The first kappa shape index (κ1) is 58.4. The Balaban J connectivity index is 1.09. The lowest BCUT2D eigenvalue weighted by Crippen LogP contribution is -2.30. The maximum absolute atomic E-state index is 13.5. The number of esters is 2. The SMILES string of the molecule is CCCCCCCCC1CC1CCCCCCCCOCC(COC(=O)CC1CCC(OC(=O)CCCN(C)C)C1CC1CC1CC)OCCCCCCCCC1CC1CCCCCCCC. The first-order valence-electron chi connectivity index (χ1n) is 30.0. The minimum Gasteiger partial charge on any atom is -0.463 e. The molecule has 7 heteroatoms. The van der Waals surface area contributed by atoms with Crippen LogP contribution in [0.2, 0.25) is 0 Å². The van der Waals surface area contributed by atoms with Crippen molar-refractivity contribution < 1.29 is 28.5 Å². The molecule has 4 saturated carbocycles. The van der Waals surface area contributed by atoms with Crippen molar-refractivity contribution in [2.45, 2.75) is 277 Å². The summed E-state index contributed by atoms with van der Waals surface area (Å²) in [6.07, 6.45) is 48.1. The van der Waals surface area contributed by atoms with Crippen molar-refractivity contribution in [3.05, 3.63) is 0 Å². The van der Waals surface area contributed by atoms with Gasteiger partial charge in [0.2, 0.25) is 0 Å². The van der Waals surface area contributed by atoms with E-state index >= 15 is 0 Å². The molecule has 7 nitrogen and oxygen atoms in total. The van der Waals surface area contributed by atoms with E-state index in [0.29, 0.717) is 32.0 Å². The van der Waals surface area contributed by atoms with Crippen LogP contribution in [-0.4, -0.2) is 76.1 Å². The largest absolute Gasteiger partial charge is 0.463 e. The van der Waals surface area contributed by atoms with Gasteiger partial charge < -0.3 is 23.8 Å². The molecule has 0 aliphatic heterocycles. The highest BCUT2D eigenvalue weighted by Crippen LogP contribution is 2.51. The molecule has 0 bridgehead atoms. The predicted molar refractivity (Wildman–Crippen MR) is 280 cm³/mol. The van der Waals surface area contributed by atoms with Crippen LogP contribution < -0.4 is 0 Å². The van der Waals surface area contributed by atoms with E-state index in [1.807, 2.05) is 14.1 Å². The Kier molecular flexibility index (Phi) is 32.0. The van der Waals surface area contributed by atoms with E-state index in [1.165, 1.54) is 193 Å². The number of unbranched alkanes of at least 4 members (excludes halogenated alkanes) is 20. The topological polar surface area (TPSA) is 74.3 Å². The van der Waals surface area contributed by atoms with Crippen molar-refractivity contribution in [1.29, 1.82) is 0 Å². The van der Waals surface area contributed by atoms with Gasteiger partial charge in [-0.05, 0) is 126 Å². The van der Waals surface area contributed by atoms with E-state index in [-0.39, 0.29) is 42.6 Å². The summed E-state index contributed by atoms with van der Waals surface area (Å²) in [5.41, 5.74) is 0. The highest BCUT2D eigenvalue weighted by molar-refractivity contribution is 5.70. The zero-order chi connectivity index (χ0) is 47.7. The minimum atomic E-state index is -0.230. The fourth-order valence-electron chi connectivity index (χ4n) is 12.1. The Bertz CT molecular complexity index is 1230. The number of nitrogens with zero attached hydrogens (tertiary/aromatic N) is 1. The number of carbonyl (C=O) groups excluding carboxylic acids is 2. The van der Waals surface area contributed by atoms with Gasteiger partial charge >= 0.3 is 11.9 Å². The number of rotatable bonds is 47. The van der Waals surface area contributed by atoms with E-state index in [0.717, 1.165) is 81.3 Å². The lowest BCUT2D eigenvalue weighted by molar-refractivity contribution is -0.153. The quantitative estimate of drug-likeness (QED) is 0.0444. The predicted octanol–water partition coefficient (Wildman–Crippen LogP) is 16.3. The van der Waals surface area contributed by atoms with Crippen LogP contribution in [0, 0.1) is 47.3 Å². The smallest absolute Gasteiger partial charge is 0.306 e. The second kappa shape index (κ2) is 36.7. The zero-order valence-corrected chi connectivity index (χ0v) is 45.1. The van der Waals surface area contributed by atoms with E-state index in [1.54, 1.807) is 0 Å². The molecule has 0 radical (unpaired) electrons. The lowest BCUT2D eigenvalue weighted by Gasteiger charge is -2.25. The second-order valence-corrected chi connectivity index (χ2v) is 23.2. The summed E-state index contributed by atoms with van der Waals surface area (Å²) in [6, 6.07) is 0. The molecule has 4 fully saturated rings. The van der Waals surface area contributed by atoms with Crippen molar-refractivity contribution in [3.8, 4) is 0 Å². The number of hydrogen-bond acceptors (Lipinski definition) is 7. The molecule has 4 aliphatic rings. The van der Waals surface area contributed by atoms with Gasteiger partial charge in [0.1, 0.15) is 18.8 Å². The molecule has 67 heavy (non-hydrogen) atoms. The van der Waals surface area contributed by atoms with E-state index in [9.17, 15) is 9.59 Å². The highest BCUT2D eigenvalue weighted by Gasteiger charge is 2.45. The van der Waals surface area contributed by atoms with Crippen molar-refractivity contribution in [2.75, 3.05) is 47.1 Å².